The molecule has 0 saturated heterocycles. The highest BCUT2D eigenvalue weighted by atomic mass is 35.5. The fraction of sp³-hybridized carbons (Fsp3) is 0.300. The highest BCUT2D eigenvalue weighted by Crippen LogP contribution is 2.21. The zero-order valence-corrected chi connectivity index (χ0v) is 8.78. The summed E-state index contributed by atoms with van der Waals surface area (Å²) < 4.78 is 0. The smallest absolute Gasteiger partial charge is 0.223 e. The van der Waals surface area contributed by atoms with Gasteiger partial charge in [0.25, 0.3) is 0 Å². The maximum atomic E-state index is 5.82. The van der Waals surface area contributed by atoms with Crippen molar-refractivity contribution < 1.29 is 0 Å². The summed E-state index contributed by atoms with van der Waals surface area (Å²) in [5.41, 5.74) is 2.55. The van der Waals surface area contributed by atoms with E-state index in [4.69, 9.17) is 11.6 Å². The first-order valence-electron chi connectivity index (χ1n) is 4.46. The molecule has 0 amide bonds. The molecule has 0 spiro atoms. The van der Waals surface area contributed by atoms with Crippen molar-refractivity contribution >= 4 is 22.6 Å². The first kappa shape index (κ1) is 9.34. The zero-order valence-electron chi connectivity index (χ0n) is 8.03. The van der Waals surface area contributed by atoms with Gasteiger partial charge in [0.05, 0.1) is 11.2 Å². The van der Waals surface area contributed by atoms with Crippen LogP contribution < -0.4 is 0 Å². The van der Waals surface area contributed by atoms with Gasteiger partial charge in [-0.3, -0.25) is 4.98 Å². The maximum Gasteiger partial charge on any atom is 0.223 e. The van der Waals surface area contributed by atoms with Crippen molar-refractivity contribution in [3.8, 4) is 0 Å². The van der Waals surface area contributed by atoms with Gasteiger partial charge in [-0.15, -0.1) is 0 Å². The third-order valence-corrected chi connectivity index (χ3v) is 2.17. The molecule has 3 nitrogen and oxygen atoms in total. The van der Waals surface area contributed by atoms with E-state index >= 15 is 0 Å². The zero-order chi connectivity index (χ0) is 10.1. The van der Waals surface area contributed by atoms with Crippen molar-refractivity contribution in [3.63, 3.8) is 0 Å². The minimum atomic E-state index is 0.286. The Hall–Kier alpha value is -1.22. The normalized spacial score (nSPS) is 11.1. The Bertz CT molecular complexity index is 468. The third kappa shape index (κ3) is 1.55. The SMILES string of the molecule is CC(C)c1nc(Cl)nc2cccnc12. The van der Waals surface area contributed by atoms with E-state index in [-0.39, 0.29) is 5.28 Å². The molecule has 2 aromatic heterocycles. The Balaban J connectivity index is 2.80. The van der Waals surface area contributed by atoms with Gasteiger partial charge < -0.3 is 0 Å². The quantitative estimate of drug-likeness (QED) is 0.675. The van der Waals surface area contributed by atoms with E-state index in [2.05, 4.69) is 28.8 Å². The highest BCUT2D eigenvalue weighted by molar-refractivity contribution is 6.28. The molecule has 4 heteroatoms. The topological polar surface area (TPSA) is 38.7 Å². The molecular formula is C10H10ClN3. The van der Waals surface area contributed by atoms with E-state index in [0.717, 1.165) is 16.7 Å². The number of aromatic nitrogens is 3. The Kier molecular flexibility index (Phi) is 2.33. The van der Waals surface area contributed by atoms with E-state index in [1.54, 1.807) is 6.20 Å². The number of pyridine rings is 1. The second-order valence-electron chi connectivity index (χ2n) is 3.40. The number of hydrogen-bond acceptors (Lipinski definition) is 3. The molecule has 72 valence electrons. The average molecular weight is 208 g/mol. The molecule has 0 fully saturated rings. The van der Waals surface area contributed by atoms with E-state index < -0.39 is 0 Å². The molecule has 14 heavy (non-hydrogen) atoms. The van der Waals surface area contributed by atoms with E-state index in [9.17, 15) is 0 Å². The molecule has 0 radical (unpaired) electrons. The van der Waals surface area contributed by atoms with Crippen molar-refractivity contribution in [2.75, 3.05) is 0 Å². The van der Waals surface area contributed by atoms with Crippen LogP contribution in [0.1, 0.15) is 25.5 Å². The van der Waals surface area contributed by atoms with Crippen molar-refractivity contribution in [3.05, 3.63) is 29.3 Å². The van der Waals surface area contributed by atoms with Gasteiger partial charge in [0.15, 0.2) is 0 Å². The Labute approximate surface area is 87.2 Å². The molecular weight excluding hydrogens is 198 g/mol. The lowest BCUT2D eigenvalue weighted by molar-refractivity contribution is 0.824. The van der Waals surface area contributed by atoms with Gasteiger partial charge in [-0.25, -0.2) is 9.97 Å². The van der Waals surface area contributed by atoms with Crippen LogP contribution in [0.3, 0.4) is 0 Å². The molecule has 0 aliphatic rings. The molecule has 0 aliphatic heterocycles. The van der Waals surface area contributed by atoms with Crippen LogP contribution in [0.25, 0.3) is 11.0 Å². The summed E-state index contributed by atoms with van der Waals surface area (Å²) in [4.78, 5) is 12.6. The predicted octanol–water partition coefficient (Wildman–Crippen LogP) is 2.80. The van der Waals surface area contributed by atoms with E-state index in [1.807, 2.05) is 12.1 Å². The lowest BCUT2D eigenvalue weighted by atomic mass is 10.1. The summed E-state index contributed by atoms with van der Waals surface area (Å²) in [6, 6.07) is 3.73. The largest absolute Gasteiger partial charge is 0.253 e. The minimum Gasteiger partial charge on any atom is -0.253 e. The molecule has 0 atom stereocenters. The van der Waals surface area contributed by atoms with Crippen LogP contribution in [-0.2, 0) is 0 Å². The standard InChI is InChI=1S/C10H10ClN3/c1-6(2)8-9-7(4-3-5-12-9)13-10(11)14-8/h3-6H,1-2H3. The molecule has 0 aliphatic carbocycles. The van der Waals surface area contributed by atoms with Gasteiger partial charge in [-0.2, -0.15) is 0 Å². The summed E-state index contributed by atoms with van der Waals surface area (Å²) in [7, 11) is 0. The van der Waals surface area contributed by atoms with E-state index in [0.29, 0.717) is 5.92 Å². The number of hydrogen-bond donors (Lipinski definition) is 0. The van der Waals surface area contributed by atoms with Crippen LogP contribution in [0.2, 0.25) is 5.28 Å². The van der Waals surface area contributed by atoms with Gasteiger partial charge in [-0.1, -0.05) is 13.8 Å². The average Bonchev–Trinajstić information content (AvgIpc) is 2.16. The first-order chi connectivity index (χ1) is 6.68. The number of rotatable bonds is 1. The lowest BCUT2D eigenvalue weighted by Gasteiger charge is -2.07. The molecule has 0 bridgehead atoms. The maximum absolute atomic E-state index is 5.82. The van der Waals surface area contributed by atoms with Crippen molar-refractivity contribution in [2.24, 2.45) is 0 Å². The van der Waals surface area contributed by atoms with Crippen molar-refractivity contribution in [2.45, 2.75) is 19.8 Å². The molecule has 0 saturated carbocycles. The fourth-order valence-electron chi connectivity index (χ4n) is 1.36. The number of fused-ring (bicyclic) bond motifs is 1. The Morgan fingerprint density at radius 2 is 2.07 bits per heavy atom. The van der Waals surface area contributed by atoms with Crippen LogP contribution in [0.5, 0.6) is 0 Å². The highest BCUT2D eigenvalue weighted by Gasteiger charge is 2.10. The molecule has 0 N–H and O–H groups in total. The summed E-state index contributed by atoms with van der Waals surface area (Å²) in [6.07, 6.45) is 1.74. The fourth-order valence-corrected chi connectivity index (χ4v) is 1.55. The summed E-state index contributed by atoms with van der Waals surface area (Å²) in [6.45, 7) is 4.12. The summed E-state index contributed by atoms with van der Waals surface area (Å²) in [5, 5.41) is 0.286. The summed E-state index contributed by atoms with van der Waals surface area (Å²) >= 11 is 5.82. The third-order valence-electron chi connectivity index (χ3n) is 2.00. The van der Waals surface area contributed by atoms with Crippen LogP contribution in [0.4, 0.5) is 0 Å². The van der Waals surface area contributed by atoms with Crippen LogP contribution >= 0.6 is 11.6 Å². The predicted molar refractivity (Wildman–Crippen MR) is 56.4 cm³/mol. The van der Waals surface area contributed by atoms with Crippen LogP contribution in [0.15, 0.2) is 18.3 Å². The Morgan fingerprint density at radius 3 is 2.79 bits per heavy atom. The molecule has 2 aromatic rings. The van der Waals surface area contributed by atoms with Gasteiger partial charge in [0.1, 0.15) is 5.52 Å². The minimum absolute atomic E-state index is 0.286. The van der Waals surface area contributed by atoms with Gasteiger partial charge in [0, 0.05) is 6.20 Å². The monoisotopic (exact) mass is 207 g/mol. The first-order valence-corrected chi connectivity index (χ1v) is 4.84. The number of halogens is 1. The Morgan fingerprint density at radius 1 is 1.29 bits per heavy atom. The molecule has 0 aromatic carbocycles. The van der Waals surface area contributed by atoms with Crippen molar-refractivity contribution in [1.82, 2.24) is 15.0 Å². The molecule has 2 heterocycles. The van der Waals surface area contributed by atoms with Crippen LogP contribution in [-0.4, -0.2) is 15.0 Å². The molecule has 0 unspecified atom stereocenters. The van der Waals surface area contributed by atoms with Crippen molar-refractivity contribution in [1.29, 1.82) is 0 Å². The second-order valence-corrected chi connectivity index (χ2v) is 3.74. The van der Waals surface area contributed by atoms with E-state index in [1.165, 1.54) is 0 Å². The van der Waals surface area contributed by atoms with Gasteiger partial charge >= 0.3 is 0 Å². The molecule has 2 rings (SSSR count). The van der Waals surface area contributed by atoms with Gasteiger partial charge in [-0.05, 0) is 29.7 Å². The van der Waals surface area contributed by atoms with Crippen LogP contribution in [0, 0.1) is 0 Å². The van der Waals surface area contributed by atoms with Gasteiger partial charge in [0.2, 0.25) is 5.28 Å². The summed E-state index contributed by atoms with van der Waals surface area (Å²) in [5.74, 6) is 0.299. The second kappa shape index (κ2) is 3.50. The number of nitrogens with zero attached hydrogens (tertiary/aromatic N) is 3. The lowest BCUT2D eigenvalue weighted by Crippen LogP contribution is -1.98.